The third kappa shape index (κ3) is 2.32. The van der Waals surface area contributed by atoms with Crippen LogP contribution in [0.3, 0.4) is 0 Å². The lowest BCUT2D eigenvalue weighted by Crippen LogP contribution is -1.98. The summed E-state index contributed by atoms with van der Waals surface area (Å²) in [6, 6.07) is 8.65. The van der Waals surface area contributed by atoms with Crippen molar-refractivity contribution in [2.24, 2.45) is 0 Å². The second-order valence-corrected chi connectivity index (χ2v) is 3.89. The highest BCUT2D eigenvalue weighted by Gasteiger charge is 2.10. The standard InChI is InChI=1S/C14H13NO3/c1-9-13(4-3-5-15-9)10-6-11(14(16)17)8-12(7-10)18-2/h3-8H,1-2H3,(H,16,17). The van der Waals surface area contributed by atoms with Crippen LogP contribution in [0.2, 0.25) is 0 Å². The van der Waals surface area contributed by atoms with Crippen molar-refractivity contribution in [3.05, 3.63) is 47.8 Å². The molecule has 18 heavy (non-hydrogen) atoms. The number of benzene rings is 1. The van der Waals surface area contributed by atoms with Crippen molar-refractivity contribution >= 4 is 5.97 Å². The van der Waals surface area contributed by atoms with Crippen molar-refractivity contribution in [3.63, 3.8) is 0 Å². The van der Waals surface area contributed by atoms with Crippen LogP contribution >= 0.6 is 0 Å². The van der Waals surface area contributed by atoms with E-state index in [0.717, 1.165) is 16.8 Å². The number of hydrogen-bond donors (Lipinski definition) is 1. The van der Waals surface area contributed by atoms with Gasteiger partial charge in [0.15, 0.2) is 0 Å². The second kappa shape index (κ2) is 4.87. The maximum atomic E-state index is 11.1. The summed E-state index contributed by atoms with van der Waals surface area (Å²) in [5.41, 5.74) is 2.74. The molecule has 1 N–H and O–H groups in total. The Hall–Kier alpha value is -2.36. The number of methoxy groups -OCH3 is 1. The van der Waals surface area contributed by atoms with Crippen LogP contribution in [-0.4, -0.2) is 23.2 Å². The van der Waals surface area contributed by atoms with E-state index in [1.807, 2.05) is 19.1 Å². The molecular formula is C14H13NO3. The third-order valence-electron chi connectivity index (χ3n) is 2.71. The van der Waals surface area contributed by atoms with E-state index in [1.165, 1.54) is 13.2 Å². The molecule has 0 amide bonds. The quantitative estimate of drug-likeness (QED) is 0.900. The Balaban J connectivity index is 2.60. The summed E-state index contributed by atoms with van der Waals surface area (Å²) in [6.45, 7) is 1.88. The van der Waals surface area contributed by atoms with Gasteiger partial charge in [0.1, 0.15) is 5.75 Å². The van der Waals surface area contributed by atoms with Crippen molar-refractivity contribution in [1.82, 2.24) is 4.98 Å². The fraction of sp³-hybridized carbons (Fsp3) is 0.143. The number of ether oxygens (including phenoxy) is 1. The summed E-state index contributed by atoms with van der Waals surface area (Å²) >= 11 is 0. The molecule has 92 valence electrons. The van der Waals surface area contributed by atoms with Gasteiger partial charge in [0.25, 0.3) is 0 Å². The highest BCUT2D eigenvalue weighted by molar-refractivity contribution is 5.90. The van der Waals surface area contributed by atoms with Gasteiger partial charge < -0.3 is 9.84 Å². The third-order valence-corrected chi connectivity index (χ3v) is 2.71. The zero-order chi connectivity index (χ0) is 13.1. The minimum absolute atomic E-state index is 0.201. The number of rotatable bonds is 3. The molecule has 0 saturated carbocycles. The Bertz CT molecular complexity index is 593. The monoisotopic (exact) mass is 243 g/mol. The van der Waals surface area contributed by atoms with Gasteiger partial charge in [-0.25, -0.2) is 4.79 Å². The highest BCUT2D eigenvalue weighted by atomic mass is 16.5. The fourth-order valence-electron chi connectivity index (χ4n) is 1.79. The molecule has 0 aliphatic heterocycles. The van der Waals surface area contributed by atoms with Gasteiger partial charge in [0.05, 0.1) is 12.7 Å². The molecule has 2 aromatic rings. The lowest BCUT2D eigenvalue weighted by atomic mass is 10.0. The van der Waals surface area contributed by atoms with Gasteiger partial charge >= 0.3 is 5.97 Å². The van der Waals surface area contributed by atoms with Crippen molar-refractivity contribution in [2.75, 3.05) is 7.11 Å². The van der Waals surface area contributed by atoms with Gasteiger partial charge in [-0.3, -0.25) is 4.98 Å². The summed E-state index contributed by atoms with van der Waals surface area (Å²) in [5, 5.41) is 9.07. The molecule has 0 unspecified atom stereocenters. The number of aromatic carboxylic acids is 1. The molecular weight excluding hydrogens is 230 g/mol. The number of pyridine rings is 1. The van der Waals surface area contributed by atoms with E-state index in [9.17, 15) is 4.79 Å². The number of carboxylic acids is 1. The molecule has 2 rings (SSSR count). The molecule has 0 aliphatic carbocycles. The second-order valence-electron chi connectivity index (χ2n) is 3.89. The SMILES string of the molecule is COc1cc(C(=O)O)cc(-c2cccnc2C)c1. The molecule has 0 radical (unpaired) electrons. The van der Waals surface area contributed by atoms with Crippen LogP contribution < -0.4 is 4.74 Å². The molecule has 0 aliphatic rings. The van der Waals surface area contributed by atoms with Gasteiger partial charge in [0, 0.05) is 17.5 Å². The van der Waals surface area contributed by atoms with Gasteiger partial charge in [-0.15, -0.1) is 0 Å². The summed E-state index contributed by atoms with van der Waals surface area (Å²) in [4.78, 5) is 15.3. The van der Waals surface area contributed by atoms with E-state index in [0.29, 0.717) is 5.75 Å². The average Bonchev–Trinajstić information content (AvgIpc) is 2.38. The van der Waals surface area contributed by atoms with Crippen LogP contribution in [0.4, 0.5) is 0 Å². The number of carboxylic acid groups (broad SMARTS) is 1. The maximum absolute atomic E-state index is 11.1. The van der Waals surface area contributed by atoms with Crippen LogP contribution in [0.5, 0.6) is 5.75 Å². The minimum Gasteiger partial charge on any atom is -0.497 e. The number of aromatic nitrogens is 1. The topological polar surface area (TPSA) is 59.4 Å². The number of aryl methyl sites for hydroxylation is 1. The Morgan fingerprint density at radius 3 is 2.72 bits per heavy atom. The lowest BCUT2D eigenvalue weighted by molar-refractivity contribution is 0.0696. The van der Waals surface area contributed by atoms with Crippen molar-refractivity contribution < 1.29 is 14.6 Å². The molecule has 0 spiro atoms. The van der Waals surface area contributed by atoms with Crippen molar-refractivity contribution in [2.45, 2.75) is 6.92 Å². The minimum atomic E-state index is -0.975. The van der Waals surface area contributed by atoms with E-state index in [2.05, 4.69) is 4.98 Å². The van der Waals surface area contributed by atoms with Crippen LogP contribution in [-0.2, 0) is 0 Å². The Morgan fingerprint density at radius 2 is 2.11 bits per heavy atom. The zero-order valence-corrected chi connectivity index (χ0v) is 10.2. The molecule has 1 aromatic carbocycles. The molecule has 4 heteroatoms. The lowest BCUT2D eigenvalue weighted by Gasteiger charge is -2.08. The van der Waals surface area contributed by atoms with Crippen LogP contribution in [0.15, 0.2) is 36.5 Å². The highest BCUT2D eigenvalue weighted by Crippen LogP contribution is 2.27. The van der Waals surface area contributed by atoms with Crippen LogP contribution in [0.1, 0.15) is 16.1 Å². The molecule has 0 bridgehead atoms. The molecule has 1 aromatic heterocycles. The first kappa shape index (κ1) is 12.1. The van der Waals surface area contributed by atoms with E-state index >= 15 is 0 Å². The first-order chi connectivity index (χ1) is 8.61. The Morgan fingerprint density at radius 1 is 1.33 bits per heavy atom. The Labute approximate surface area is 105 Å². The van der Waals surface area contributed by atoms with Crippen LogP contribution in [0.25, 0.3) is 11.1 Å². The number of hydrogen-bond acceptors (Lipinski definition) is 3. The summed E-state index contributed by atoms with van der Waals surface area (Å²) in [6.07, 6.45) is 1.71. The fourth-order valence-corrected chi connectivity index (χ4v) is 1.79. The van der Waals surface area contributed by atoms with E-state index in [-0.39, 0.29) is 5.56 Å². The normalized spacial score (nSPS) is 10.1. The Kier molecular flexibility index (Phi) is 3.28. The largest absolute Gasteiger partial charge is 0.497 e. The predicted octanol–water partition coefficient (Wildman–Crippen LogP) is 2.76. The van der Waals surface area contributed by atoms with Gasteiger partial charge in [0.2, 0.25) is 0 Å². The molecule has 0 fully saturated rings. The first-order valence-electron chi connectivity index (χ1n) is 5.46. The number of carbonyl (C=O) groups is 1. The van der Waals surface area contributed by atoms with Gasteiger partial charge in [-0.1, -0.05) is 6.07 Å². The zero-order valence-electron chi connectivity index (χ0n) is 10.2. The van der Waals surface area contributed by atoms with Gasteiger partial charge in [-0.05, 0) is 36.8 Å². The average molecular weight is 243 g/mol. The smallest absolute Gasteiger partial charge is 0.335 e. The predicted molar refractivity (Wildman–Crippen MR) is 67.9 cm³/mol. The molecule has 4 nitrogen and oxygen atoms in total. The number of nitrogens with zero attached hydrogens (tertiary/aromatic N) is 1. The molecule has 0 atom stereocenters. The van der Waals surface area contributed by atoms with Gasteiger partial charge in [-0.2, -0.15) is 0 Å². The molecule has 0 saturated heterocycles. The van der Waals surface area contributed by atoms with E-state index in [1.54, 1.807) is 18.3 Å². The van der Waals surface area contributed by atoms with Crippen LogP contribution in [0, 0.1) is 6.92 Å². The molecule has 1 heterocycles. The van der Waals surface area contributed by atoms with E-state index in [4.69, 9.17) is 9.84 Å². The van der Waals surface area contributed by atoms with E-state index < -0.39 is 5.97 Å². The summed E-state index contributed by atoms with van der Waals surface area (Å²) < 4.78 is 5.12. The van der Waals surface area contributed by atoms with Crippen molar-refractivity contribution in [3.8, 4) is 16.9 Å². The maximum Gasteiger partial charge on any atom is 0.335 e. The summed E-state index contributed by atoms with van der Waals surface area (Å²) in [5.74, 6) is -0.454. The summed E-state index contributed by atoms with van der Waals surface area (Å²) in [7, 11) is 1.51. The van der Waals surface area contributed by atoms with Crippen molar-refractivity contribution in [1.29, 1.82) is 0 Å². The first-order valence-corrected chi connectivity index (χ1v) is 5.46.